The molecule has 0 bridgehead atoms. The Bertz CT molecular complexity index is 829. The van der Waals surface area contributed by atoms with Crippen LogP contribution in [0.25, 0.3) is 10.9 Å². The molecule has 1 aromatic heterocycles. The maximum absolute atomic E-state index is 13.8. The van der Waals surface area contributed by atoms with Gasteiger partial charge in [0.15, 0.2) is 5.69 Å². The molecule has 0 radical (unpaired) electrons. The zero-order valence-corrected chi connectivity index (χ0v) is 16.4. The van der Waals surface area contributed by atoms with Crippen LogP contribution in [-0.4, -0.2) is 39.3 Å². The van der Waals surface area contributed by atoms with Crippen LogP contribution in [0, 0.1) is 5.82 Å². The third-order valence-electron chi connectivity index (χ3n) is 4.81. The predicted molar refractivity (Wildman–Crippen MR) is 109 cm³/mol. The number of rotatable bonds is 6. The van der Waals surface area contributed by atoms with Crippen LogP contribution >= 0.6 is 12.2 Å². The van der Waals surface area contributed by atoms with Crippen LogP contribution in [-0.2, 0) is 6.67 Å². The lowest BCUT2D eigenvalue weighted by atomic mass is 10.1. The lowest BCUT2D eigenvalue weighted by Gasteiger charge is -2.27. The SMILES string of the molecule is CCCCNC(=S)N=Nc1c(O)n(CN2CCCCC2)c2ccc(F)cc12. The summed E-state index contributed by atoms with van der Waals surface area (Å²) in [7, 11) is 0. The van der Waals surface area contributed by atoms with Crippen molar-refractivity contribution in [2.24, 2.45) is 10.2 Å². The summed E-state index contributed by atoms with van der Waals surface area (Å²) in [6.07, 6.45) is 5.58. The largest absolute Gasteiger partial charge is 0.493 e. The van der Waals surface area contributed by atoms with Gasteiger partial charge in [0.2, 0.25) is 11.0 Å². The number of piperidine rings is 1. The Morgan fingerprint density at radius 2 is 2.07 bits per heavy atom. The van der Waals surface area contributed by atoms with Crippen LogP contribution in [0.1, 0.15) is 39.0 Å². The molecule has 1 saturated heterocycles. The number of aromatic hydroxyl groups is 1. The van der Waals surface area contributed by atoms with Gasteiger partial charge >= 0.3 is 0 Å². The Labute approximate surface area is 164 Å². The molecule has 8 heteroatoms. The van der Waals surface area contributed by atoms with Gasteiger partial charge in [-0.25, -0.2) is 4.39 Å². The summed E-state index contributed by atoms with van der Waals surface area (Å²) in [5.41, 5.74) is 0.986. The third kappa shape index (κ3) is 4.81. The number of aromatic nitrogens is 1. The van der Waals surface area contributed by atoms with Crippen LogP contribution < -0.4 is 5.32 Å². The molecule has 0 unspecified atom stereocenters. The molecular formula is C19H26FN5OS. The Balaban J connectivity index is 1.88. The normalized spacial score (nSPS) is 15.6. The van der Waals surface area contributed by atoms with Crippen molar-refractivity contribution >= 4 is 33.9 Å². The van der Waals surface area contributed by atoms with E-state index in [1.807, 2.05) is 0 Å². The number of likely N-dealkylation sites (tertiary alicyclic amines) is 1. The number of azo groups is 1. The molecule has 1 aliphatic rings. The van der Waals surface area contributed by atoms with E-state index in [0.29, 0.717) is 12.1 Å². The fourth-order valence-corrected chi connectivity index (χ4v) is 3.48. The number of fused-ring (bicyclic) bond motifs is 1. The first-order chi connectivity index (χ1) is 13.1. The highest BCUT2D eigenvalue weighted by Crippen LogP contribution is 2.39. The van der Waals surface area contributed by atoms with E-state index in [9.17, 15) is 9.50 Å². The number of hydrogen-bond acceptors (Lipinski definition) is 4. The van der Waals surface area contributed by atoms with Crippen molar-refractivity contribution < 1.29 is 9.50 Å². The van der Waals surface area contributed by atoms with Gasteiger partial charge in [-0.2, -0.15) is 0 Å². The first-order valence-corrected chi connectivity index (χ1v) is 9.93. The summed E-state index contributed by atoms with van der Waals surface area (Å²) >= 11 is 5.15. The topological polar surface area (TPSA) is 65.2 Å². The van der Waals surface area contributed by atoms with E-state index in [2.05, 4.69) is 27.4 Å². The number of benzene rings is 1. The fraction of sp³-hybridized carbons (Fsp3) is 0.526. The van der Waals surface area contributed by atoms with Crippen molar-refractivity contribution in [1.82, 2.24) is 14.8 Å². The molecule has 0 atom stereocenters. The van der Waals surface area contributed by atoms with Gasteiger partial charge in [-0.15, -0.1) is 10.2 Å². The second-order valence-corrected chi connectivity index (χ2v) is 7.25. The lowest BCUT2D eigenvalue weighted by molar-refractivity contribution is 0.178. The van der Waals surface area contributed by atoms with Crippen LogP contribution in [0.2, 0.25) is 0 Å². The second kappa shape index (κ2) is 9.23. The van der Waals surface area contributed by atoms with Gasteiger partial charge in [-0.3, -0.25) is 9.47 Å². The van der Waals surface area contributed by atoms with Crippen LogP contribution in [0.3, 0.4) is 0 Å². The van der Waals surface area contributed by atoms with E-state index in [4.69, 9.17) is 12.2 Å². The Morgan fingerprint density at radius 1 is 1.30 bits per heavy atom. The Kier molecular flexibility index (Phi) is 6.73. The third-order valence-corrected chi connectivity index (χ3v) is 5.04. The van der Waals surface area contributed by atoms with Gasteiger partial charge < -0.3 is 10.4 Å². The first-order valence-electron chi connectivity index (χ1n) is 9.52. The minimum atomic E-state index is -0.377. The van der Waals surface area contributed by atoms with Crippen molar-refractivity contribution in [3.05, 3.63) is 24.0 Å². The van der Waals surface area contributed by atoms with Crippen molar-refractivity contribution in [3.8, 4) is 5.88 Å². The van der Waals surface area contributed by atoms with E-state index >= 15 is 0 Å². The number of unbranched alkanes of at least 4 members (excludes halogenated alkanes) is 1. The number of hydrogen-bond donors (Lipinski definition) is 2. The summed E-state index contributed by atoms with van der Waals surface area (Å²) in [4.78, 5) is 2.28. The summed E-state index contributed by atoms with van der Waals surface area (Å²) < 4.78 is 15.6. The molecule has 0 amide bonds. The molecule has 27 heavy (non-hydrogen) atoms. The van der Waals surface area contributed by atoms with Gasteiger partial charge in [-0.05, 0) is 62.8 Å². The van der Waals surface area contributed by atoms with Crippen molar-refractivity contribution in [3.63, 3.8) is 0 Å². The standard InChI is InChI=1S/C19H26FN5OS/c1-2-3-9-21-19(27)23-22-17-15-12-14(20)7-8-16(15)25(18(17)26)13-24-10-5-4-6-11-24/h7-8,12,26H,2-6,9-11,13H2,1H3,(H,21,27). The molecular weight excluding hydrogens is 365 g/mol. The molecule has 6 nitrogen and oxygen atoms in total. The Hall–Kier alpha value is -2.06. The molecule has 2 heterocycles. The van der Waals surface area contributed by atoms with Crippen LogP contribution in [0.5, 0.6) is 5.88 Å². The fourth-order valence-electron chi connectivity index (χ4n) is 3.34. The number of thiocarbonyl (C=S) groups is 1. The predicted octanol–water partition coefficient (Wildman–Crippen LogP) is 4.69. The maximum Gasteiger partial charge on any atom is 0.221 e. The maximum atomic E-state index is 13.8. The number of nitrogens with zero attached hydrogens (tertiary/aromatic N) is 4. The second-order valence-electron chi connectivity index (χ2n) is 6.87. The molecule has 2 N–H and O–H groups in total. The molecule has 0 saturated carbocycles. The van der Waals surface area contributed by atoms with E-state index in [1.165, 1.54) is 18.6 Å². The summed E-state index contributed by atoms with van der Waals surface area (Å²) in [6.45, 7) is 5.34. The van der Waals surface area contributed by atoms with Crippen molar-refractivity contribution in [2.75, 3.05) is 19.6 Å². The molecule has 1 aliphatic heterocycles. The van der Waals surface area contributed by atoms with Crippen LogP contribution in [0.4, 0.5) is 10.1 Å². The van der Waals surface area contributed by atoms with Crippen molar-refractivity contribution in [1.29, 1.82) is 0 Å². The lowest BCUT2D eigenvalue weighted by Crippen LogP contribution is -2.31. The summed E-state index contributed by atoms with van der Waals surface area (Å²) in [5.74, 6) is -0.390. The number of nitrogens with one attached hydrogen (secondary N) is 1. The summed E-state index contributed by atoms with van der Waals surface area (Å²) in [5, 5.41) is 22.7. The molecule has 1 aromatic carbocycles. The Morgan fingerprint density at radius 3 is 2.81 bits per heavy atom. The van der Waals surface area contributed by atoms with Crippen molar-refractivity contribution in [2.45, 2.75) is 45.7 Å². The quantitative estimate of drug-likeness (QED) is 0.426. The zero-order valence-electron chi connectivity index (χ0n) is 15.6. The van der Waals surface area contributed by atoms with Crippen LogP contribution in [0.15, 0.2) is 28.4 Å². The van der Waals surface area contributed by atoms with E-state index in [1.54, 1.807) is 10.6 Å². The zero-order chi connectivity index (χ0) is 19.2. The highest BCUT2D eigenvalue weighted by Gasteiger charge is 2.20. The molecule has 0 spiro atoms. The minimum Gasteiger partial charge on any atom is -0.493 e. The van der Waals surface area contributed by atoms with E-state index < -0.39 is 0 Å². The highest BCUT2D eigenvalue weighted by atomic mass is 32.1. The van der Waals surface area contributed by atoms with Gasteiger partial charge in [0, 0.05) is 11.9 Å². The molecule has 2 aromatic rings. The highest BCUT2D eigenvalue weighted by molar-refractivity contribution is 7.80. The van der Waals surface area contributed by atoms with Gasteiger partial charge in [0.25, 0.3) is 0 Å². The molecule has 1 fully saturated rings. The van der Waals surface area contributed by atoms with Gasteiger partial charge in [-0.1, -0.05) is 19.8 Å². The average Bonchev–Trinajstić information content (AvgIpc) is 2.92. The molecule has 3 rings (SSSR count). The average molecular weight is 392 g/mol. The first kappa shape index (κ1) is 19.7. The van der Waals surface area contributed by atoms with E-state index in [0.717, 1.165) is 50.8 Å². The molecule has 0 aliphatic carbocycles. The smallest absolute Gasteiger partial charge is 0.221 e. The van der Waals surface area contributed by atoms with E-state index in [-0.39, 0.29) is 22.5 Å². The number of halogens is 1. The molecule has 146 valence electrons. The van der Waals surface area contributed by atoms with Gasteiger partial charge in [0.1, 0.15) is 5.82 Å². The minimum absolute atomic E-state index is 0.0127. The monoisotopic (exact) mass is 391 g/mol. The van der Waals surface area contributed by atoms with Gasteiger partial charge in [0.05, 0.1) is 12.2 Å². The summed E-state index contributed by atoms with van der Waals surface area (Å²) in [6, 6.07) is 4.45.